The Bertz CT molecular complexity index is 1090. The molecule has 0 aliphatic carbocycles. The minimum atomic E-state index is -1.46. The average Bonchev–Trinajstić information content (AvgIpc) is 3.30. The van der Waals surface area contributed by atoms with Gasteiger partial charge in [-0.25, -0.2) is 18.7 Å². The highest BCUT2D eigenvalue weighted by Crippen LogP contribution is 2.31. The van der Waals surface area contributed by atoms with Gasteiger partial charge in [0.05, 0.1) is 24.7 Å². The maximum atomic E-state index is 14.4. The number of likely N-dealkylation sites (tertiary alicyclic amines) is 1. The first-order valence-electron chi connectivity index (χ1n) is 10.8. The number of fused-ring (bicyclic) bond motifs is 1. The van der Waals surface area contributed by atoms with Crippen molar-refractivity contribution in [2.75, 3.05) is 13.2 Å². The van der Waals surface area contributed by atoms with Gasteiger partial charge in [-0.1, -0.05) is 15.9 Å². The Balaban J connectivity index is 2.04. The van der Waals surface area contributed by atoms with Crippen LogP contribution in [0.4, 0.5) is 9.18 Å². The van der Waals surface area contributed by atoms with Gasteiger partial charge in [-0.2, -0.15) is 5.10 Å². The third-order valence-electron chi connectivity index (χ3n) is 5.46. The third-order valence-corrected chi connectivity index (χ3v) is 6.29. The maximum absolute atomic E-state index is 14.4. The molecule has 1 fully saturated rings. The summed E-state index contributed by atoms with van der Waals surface area (Å²) in [5, 5.41) is 5.29. The van der Waals surface area contributed by atoms with Crippen LogP contribution in [0.3, 0.4) is 0 Å². The van der Waals surface area contributed by atoms with E-state index >= 15 is 0 Å². The molecule has 1 saturated heterocycles. The average molecular weight is 526 g/mol. The van der Waals surface area contributed by atoms with Gasteiger partial charge in [0, 0.05) is 22.5 Å². The summed E-state index contributed by atoms with van der Waals surface area (Å²) in [6.07, 6.45) is -0.821. The first kappa shape index (κ1) is 25.1. The van der Waals surface area contributed by atoms with Crippen molar-refractivity contribution >= 4 is 44.7 Å². The summed E-state index contributed by atoms with van der Waals surface area (Å²) < 4.78 is 27.0. The molecule has 0 bridgehead atoms. The zero-order valence-corrected chi connectivity index (χ0v) is 21.2. The summed E-state index contributed by atoms with van der Waals surface area (Å²) in [4.78, 5) is 40.3. The molecule has 0 saturated carbocycles. The molecule has 1 unspecified atom stereocenters. The van der Waals surface area contributed by atoms with Crippen molar-refractivity contribution in [1.82, 2.24) is 14.7 Å². The van der Waals surface area contributed by atoms with Crippen LogP contribution in [0.25, 0.3) is 10.9 Å². The largest absolute Gasteiger partial charge is 0.464 e. The molecule has 1 aromatic heterocycles. The topological polar surface area (TPSA) is 90.7 Å². The number of amides is 1. The second-order valence-corrected chi connectivity index (χ2v) is 10.1. The molecule has 1 amide bonds. The first-order chi connectivity index (χ1) is 15.3. The fourth-order valence-corrected chi connectivity index (χ4v) is 4.44. The number of Topliss-reactive ketones (excluding diaryl/α,β-unsaturated/α-hetero) is 1. The molecule has 0 N–H and O–H groups in total. The van der Waals surface area contributed by atoms with Gasteiger partial charge in [-0.05, 0) is 58.7 Å². The predicted octanol–water partition coefficient (Wildman–Crippen LogP) is 4.44. The first-order valence-corrected chi connectivity index (χ1v) is 11.6. The molecule has 1 aliphatic rings. The van der Waals surface area contributed by atoms with Gasteiger partial charge in [0.1, 0.15) is 11.8 Å². The highest BCUT2D eigenvalue weighted by molar-refractivity contribution is 9.10. The lowest BCUT2D eigenvalue weighted by atomic mass is 10.0. The molecule has 0 radical (unpaired) electrons. The molecule has 180 valence electrons. The van der Waals surface area contributed by atoms with Gasteiger partial charge in [0.15, 0.2) is 5.78 Å². The van der Waals surface area contributed by atoms with Crippen molar-refractivity contribution in [2.24, 2.45) is 0 Å². The Kier molecular flexibility index (Phi) is 7.16. The van der Waals surface area contributed by atoms with Crippen molar-refractivity contribution in [1.29, 1.82) is 0 Å². The molecule has 10 heteroatoms. The molecule has 3 atom stereocenters. The highest BCUT2D eigenvalue weighted by Gasteiger charge is 2.46. The number of nitrogens with zero attached hydrogens (tertiary/aromatic N) is 3. The van der Waals surface area contributed by atoms with Gasteiger partial charge in [0.25, 0.3) is 0 Å². The number of hydrogen-bond donors (Lipinski definition) is 0. The van der Waals surface area contributed by atoms with E-state index in [1.807, 2.05) is 19.9 Å². The zero-order chi connectivity index (χ0) is 24.7. The van der Waals surface area contributed by atoms with Crippen molar-refractivity contribution in [2.45, 2.75) is 71.8 Å². The quantitative estimate of drug-likeness (QED) is 0.423. The number of halogens is 2. The van der Waals surface area contributed by atoms with Crippen LogP contribution in [0.15, 0.2) is 16.7 Å². The minimum absolute atomic E-state index is 0.0548. The van der Waals surface area contributed by atoms with Crippen LogP contribution in [-0.2, 0) is 19.1 Å². The van der Waals surface area contributed by atoms with Crippen LogP contribution in [-0.4, -0.2) is 63.5 Å². The van der Waals surface area contributed by atoms with Crippen molar-refractivity contribution in [3.63, 3.8) is 0 Å². The van der Waals surface area contributed by atoms with Crippen molar-refractivity contribution in [3.8, 4) is 0 Å². The Morgan fingerprint density at radius 2 is 1.97 bits per heavy atom. The lowest BCUT2D eigenvalue weighted by Gasteiger charge is -2.29. The zero-order valence-electron chi connectivity index (χ0n) is 19.6. The van der Waals surface area contributed by atoms with E-state index in [1.165, 1.54) is 4.68 Å². The number of ketones is 1. The molecule has 1 aromatic carbocycles. The maximum Gasteiger partial charge on any atom is 0.411 e. The molecule has 1 aliphatic heterocycles. The van der Waals surface area contributed by atoms with E-state index in [-0.39, 0.29) is 19.6 Å². The van der Waals surface area contributed by atoms with E-state index < -0.39 is 41.7 Å². The number of alkyl halides is 1. The lowest BCUT2D eigenvalue weighted by Crippen LogP contribution is -2.47. The van der Waals surface area contributed by atoms with E-state index in [4.69, 9.17) is 9.47 Å². The molecular formula is C23H29BrFN3O5. The van der Waals surface area contributed by atoms with Gasteiger partial charge < -0.3 is 9.47 Å². The SMILES string of the molecule is CCOC(=O)C(C(=O)[C@@H]1C[C@@H](F)CN1C(=O)OC(C)(C)C)n1cc2c(C)cc(Br)c(C)c2n1. The summed E-state index contributed by atoms with van der Waals surface area (Å²) in [5.41, 5.74) is 1.57. The molecular weight excluding hydrogens is 497 g/mol. The van der Waals surface area contributed by atoms with Crippen LogP contribution in [0.5, 0.6) is 0 Å². The van der Waals surface area contributed by atoms with Crippen LogP contribution in [0.2, 0.25) is 0 Å². The number of benzene rings is 1. The van der Waals surface area contributed by atoms with Gasteiger partial charge in [0.2, 0.25) is 6.04 Å². The predicted molar refractivity (Wildman–Crippen MR) is 124 cm³/mol. The number of aromatic nitrogens is 2. The molecule has 0 spiro atoms. The Morgan fingerprint density at radius 1 is 1.30 bits per heavy atom. The Morgan fingerprint density at radius 3 is 2.58 bits per heavy atom. The minimum Gasteiger partial charge on any atom is -0.464 e. The Labute approximate surface area is 200 Å². The number of esters is 1. The van der Waals surface area contributed by atoms with Crippen molar-refractivity contribution in [3.05, 3.63) is 27.9 Å². The standard InChI is InChI=1S/C23H29BrFN3O5/c1-7-32-21(30)19(28-11-15-12(2)8-16(24)13(3)18(15)26-28)20(29)17-9-14(25)10-27(17)22(31)33-23(4,5)6/h8,11,14,17,19H,7,9-10H2,1-6H3/t14-,17+,19?/m1/s1. The van der Waals surface area contributed by atoms with Gasteiger partial charge in [-0.15, -0.1) is 0 Å². The second-order valence-electron chi connectivity index (χ2n) is 9.21. The number of ether oxygens (including phenoxy) is 2. The lowest BCUT2D eigenvalue weighted by molar-refractivity contribution is -0.152. The molecule has 3 rings (SSSR count). The van der Waals surface area contributed by atoms with E-state index in [2.05, 4.69) is 21.0 Å². The normalized spacial score (nSPS) is 19.6. The molecule has 33 heavy (non-hydrogen) atoms. The van der Waals surface area contributed by atoms with Crippen LogP contribution < -0.4 is 0 Å². The summed E-state index contributed by atoms with van der Waals surface area (Å²) in [7, 11) is 0. The van der Waals surface area contributed by atoms with Crippen molar-refractivity contribution < 1.29 is 28.2 Å². The molecule has 2 aromatic rings. The number of aryl methyl sites for hydroxylation is 2. The number of carbonyl (C=O) groups is 3. The van der Waals surface area contributed by atoms with E-state index in [1.54, 1.807) is 33.9 Å². The molecule has 8 nitrogen and oxygen atoms in total. The molecule has 2 heterocycles. The van der Waals surface area contributed by atoms with E-state index in [0.29, 0.717) is 5.52 Å². The van der Waals surface area contributed by atoms with E-state index in [0.717, 1.165) is 25.9 Å². The Hall–Kier alpha value is -2.49. The number of hydrogen-bond acceptors (Lipinski definition) is 6. The van der Waals surface area contributed by atoms with Crippen LogP contribution >= 0.6 is 15.9 Å². The van der Waals surface area contributed by atoms with Gasteiger partial charge >= 0.3 is 12.1 Å². The number of rotatable bonds is 5. The fourth-order valence-electron chi connectivity index (χ4n) is 3.91. The highest BCUT2D eigenvalue weighted by atomic mass is 79.9. The monoisotopic (exact) mass is 525 g/mol. The second kappa shape index (κ2) is 9.40. The summed E-state index contributed by atoms with van der Waals surface area (Å²) in [6, 6.07) is -0.708. The van der Waals surface area contributed by atoms with Gasteiger partial charge in [-0.3, -0.25) is 9.69 Å². The smallest absolute Gasteiger partial charge is 0.411 e. The summed E-state index contributed by atoms with van der Waals surface area (Å²) >= 11 is 3.50. The third kappa shape index (κ3) is 5.20. The van der Waals surface area contributed by atoms with Crippen LogP contribution in [0, 0.1) is 13.8 Å². The summed E-state index contributed by atoms with van der Waals surface area (Å²) in [5.74, 6) is -1.47. The number of carbonyl (C=O) groups excluding carboxylic acids is 3. The van der Waals surface area contributed by atoms with E-state index in [9.17, 15) is 18.8 Å². The summed E-state index contributed by atoms with van der Waals surface area (Å²) in [6.45, 7) is 10.2. The van der Waals surface area contributed by atoms with Crippen LogP contribution in [0.1, 0.15) is 51.3 Å². The fraction of sp³-hybridized carbons (Fsp3) is 0.565.